The number of aromatic nitrogens is 1. The Morgan fingerprint density at radius 1 is 1.12 bits per heavy atom. The summed E-state index contributed by atoms with van der Waals surface area (Å²) in [5.74, 6) is 0.897. The average Bonchev–Trinajstić information content (AvgIpc) is 2.87. The quantitative estimate of drug-likeness (QED) is 0.562. The van der Waals surface area contributed by atoms with Gasteiger partial charge in [0.1, 0.15) is 5.75 Å². The van der Waals surface area contributed by atoms with Gasteiger partial charge in [-0.15, -0.1) is 12.4 Å². The molecule has 3 nitrogen and oxygen atoms in total. The number of halogens is 2. The van der Waals surface area contributed by atoms with Crippen molar-refractivity contribution in [2.45, 2.75) is 19.9 Å². The van der Waals surface area contributed by atoms with Gasteiger partial charge in [0.2, 0.25) is 0 Å². The van der Waals surface area contributed by atoms with E-state index in [1.165, 1.54) is 27.7 Å². The minimum atomic E-state index is 0. The molecule has 5 heteroatoms. The third-order valence-electron chi connectivity index (χ3n) is 4.12. The second-order valence-corrected chi connectivity index (χ2v) is 6.61. The zero-order valence-electron chi connectivity index (χ0n) is 13.9. The van der Waals surface area contributed by atoms with Crippen LogP contribution in [-0.2, 0) is 13.0 Å². The monoisotopic (exact) mass is 408 g/mol. The van der Waals surface area contributed by atoms with Crippen molar-refractivity contribution in [3.05, 3.63) is 63.8 Å². The largest absolute Gasteiger partial charge is 0.497 e. The smallest absolute Gasteiger partial charge is 0.118 e. The fourth-order valence-electron chi connectivity index (χ4n) is 2.87. The fraction of sp³-hybridized carbons (Fsp3) is 0.263. The van der Waals surface area contributed by atoms with Gasteiger partial charge >= 0.3 is 0 Å². The Morgan fingerprint density at radius 3 is 2.58 bits per heavy atom. The lowest BCUT2D eigenvalue weighted by atomic mass is 10.1. The first-order valence-corrected chi connectivity index (χ1v) is 8.57. The van der Waals surface area contributed by atoms with E-state index in [-0.39, 0.29) is 12.4 Å². The zero-order valence-corrected chi connectivity index (χ0v) is 16.3. The summed E-state index contributed by atoms with van der Waals surface area (Å²) in [5.41, 5.74) is 5.12. The molecule has 0 aliphatic heterocycles. The number of fused-ring (bicyclic) bond motifs is 1. The van der Waals surface area contributed by atoms with Gasteiger partial charge < -0.3 is 15.0 Å². The highest BCUT2D eigenvalue weighted by Gasteiger charge is 2.08. The van der Waals surface area contributed by atoms with Crippen molar-refractivity contribution in [3.63, 3.8) is 0 Å². The standard InChI is InChI=1S/C19H21BrN2O.ClH/c1-13-17(18-11-15(20)5-8-19(18)22-13)9-10-21-12-14-3-6-16(23-2)7-4-14;/h3-8,11,21-22H,9-10,12H2,1-2H3;1H. The summed E-state index contributed by atoms with van der Waals surface area (Å²) in [5, 5.41) is 4.83. The Balaban J connectivity index is 0.00000208. The van der Waals surface area contributed by atoms with Crippen molar-refractivity contribution >= 4 is 39.2 Å². The Labute approximate surface area is 157 Å². The Bertz CT molecular complexity index is 799. The molecule has 0 amide bonds. The average molecular weight is 410 g/mol. The Morgan fingerprint density at radius 2 is 1.88 bits per heavy atom. The second kappa shape index (κ2) is 8.56. The minimum Gasteiger partial charge on any atom is -0.497 e. The molecule has 2 N–H and O–H groups in total. The van der Waals surface area contributed by atoms with E-state index >= 15 is 0 Å². The van der Waals surface area contributed by atoms with Crippen LogP contribution < -0.4 is 10.1 Å². The number of benzene rings is 2. The maximum atomic E-state index is 5.18. The molecule has 1 heterocycles. The van der Waals surface area contributed by atoms with Gasteiger partial charge in [-0.1, -0.05) is 28.1 Å². The summed E-state index contributed by atoms with van der Waals surface area (Å²) < 4.78 is 6.30. The lowest BCUT2D eigenvalue weighted by molar-refractivity contribution is 0.414. The van der Waals surface area contributed by atoms with E-state index in [1.54, 1.807) is 7.11 Å². The molecule has 0 bridgehead atoms. The molecule has 2 aromatic carbocycles. The van der Waals surface area contributed by atoms with Gasteiger partial charge in [0.15, 0.2) is 0 Å². The molecular formula is C19H22BrClN2O. The number of H-pyrrole nitrogens is 1. The predicted molar refractivity (Wildman–Crippen MR) is 106 cm³/mol. The number of hydrogen-bond donors (Lipinski definition) is 2. The van der Waals surface area contributed by atoms with Crippen LogP contribution in [0.25, 0.3) is 10.9 Å². The van der Waals surface area contributed by atoms with Crippen LogP contribution in [0.5, 0.6) is 5.75 Å². The zero-order chi connectivity index (χ0) is 16.2. The molecule has 0 saturated heterocycles. The SMILES string of the molecule is COc1ccc(CNCCc2c(C)[nH]c3ccc(Br)cc23)cc1.Cl. The van der Waals surface area contributed by atoms with Gasteiger partial charge in [-0.2, -0.15) is 0 Å². The van der Waals surface area contributed by atoms with Crippen LogP contribution in [0.2, 0.25) is 0 Å². The summed E-state index contributed by atoms with van der Waals surface area (Å²) in [6.07, 6.45) is 1.01. The predicted octanol–water partition coefficient (Wildman–Crippen LogP) is 5.00. The molecule has 0 aliphatic rings. The van der Waals surface area contributed by atoms with Crippen molar-refractivity contribution in [3.8, 4) is 5.75 Å². The highest BCUT2D eigenvalue weighted by Crippen LogP contribution is 2.25. The summed E-state index contributed by atoms with van der Waals surface area (Å²) in [4.78, 5) is 3.46. The summed E-state index contributed by atoms with van der Waals surface area (Å²) in [6, 6.07) is 14.6. The highest BCUT2D eigenvalue weighted by molar-refractivity contribution is 9.10. The van der Waals surface area contributed by atoms with Gasteiger partial charge in [-0.25, -0.2) is 0 Å². The van der Waals surface area contributed by atoms with Crippen molar-refractivity contribution < 1.29 is 4.74 Å². The Kier molecular flexibility index (Phi) is 6.72. The number of aromatic amines is 1. The van der Waals surface area contributed by atoms with Crippen molar-refractivity contribution in [1.82, 2.24) is 10.3 Å². The first-order valence-electron chi connectivity index (χ1n) is 7.77. The van der Waals surface area contributed by atoms with Crippen molar-refractivity contribution in [2.75, 3.05) is 13.7 Å². The van der Waals surface area contributed by atoms with Crippen molar-refractivity contribution in [2.24, 2.45) is 0 Å². The highest BCUT2D eigenvalue weighted by atomic mass is 79.9. The molecule has 0 radical (unpaired) electrons. The van der Waals surface area contributed by atoms with Crippen LogP contribution in [0.1, 0.15) is 16.8 Å². The topological polar surface area (TPSA) is 37.0 Å². The van der Waals surface area contributed by atoms with E-state index in [9.17, 15) is 0 Å². The van der Waals surface area contributed by atoms with E-state index in [1.807, 2.05) is 12.1 Å². The molecule has 24 heavy (non-hydrogen) atoms. The van der Waals surface area contributed by atoms with Gasteiger partial charge in [0, 0.05) is 27.6 Å². The van der Waals surface area contributed by atoms with E-state index in [2.05, 4.69) is 63.5 Å². The summed E-state index contributed by atoms with van der Waals surface area (Å²) >= 11 is 3.56. The molecule has 3 aromatic rings. The lowest BCUT2D eigenvalue weighted by Crippen LogP contribution is -2.16. The maximum Gasteiger partial charge on any atom is 0.118 e. The normalized spacial score (nSPS) is 10.6. The molecule has 0 aliphatic carbocycles. The second-order valence-electron chi connectivity index (χ2n) is 5.69. The van der Waals surface area contributed by atoms with Crippen LogP contribution >= 0.6 is 28.3 Å². The van der Waals surface area contributed by atoms with E-state index in [4.69, 9.17) is 4.74 Å². The van der Waals surface area contributed by atoms with E-state index in [0.29, 0.717) is 0 Å². The minimum absolute atomic E-state index is 0. The molecule has 0 atom stereocenters. The van der Waals surface area contributed by atoms with Gasteiger partial charge in [-0.05, 0) is 61.3 Å². The summed E-state index contributed by atoms with van der Waals surface area (Å²) in [7, 11) is 1.69. The van der Waals surface area contributed by atoms with Crippen LogP contribution in [0.3, 0.4) is 0 Å². The number of methoxy groups -OCH3 is 1. The molecule has 128 valence electrons. The number of hydrogen-bond acceptors (Lipinski definition) is 2. The third kappa shape index (κ3) is 4.32. The Hall–Kier alpha value is -1.49. The molecule has 0 unspecified atom stereocenters. The maximum absolute atomic E-state index is 5.18. The number of ether oxygens (including phenoxy) is 1. The molecular weight excluding hydrogens is 388 g/mol. The van der Waals surface area contributed by atoms with E-state index < -0.39 is 0 Å². The van der Waals surface area contributed by atoms with E-state index in [0.717, 1.165) is 29.7 Å². The van der Waals surface area contributed by atoms with Gasteiger partial charge in [0.05, 0.1) is 7.11 Å². The van der Waals surface area contributed by atoms with Crippen LogP contribution in [0.4, 0.5) is 0 Å². The third-order valence-corrected chi connectivity index (χ3v) is 4.61. The van der Waals surface area contributed by atoms with Crippen LogP contribution in [0, 0.1) is 6.92 Å². The van der Waals surface area contributed by atoms with Crippen LogP contribution in [0.15, 0.2) is 46.9 Å². The lowest BCUT2D eigenvalue weighted by Gasteiger charge is -2.07. The van der Waals surface area contributed by atoms with Gasteiger partial charge in [-0.3, -0.25) is 0 Å². The molecule has 0 saturated carbocycles. The molecule has 3 rings (SSSR count). The first kappa shape index (κ1) is 18.8. The summed E-state index contributed by atoms with van der Waals surface area (Å²) in [6.45, 7) is 3.97. The number of nitrogens with one attached hydrogen (secondary N) is 2. The molecule has 0 fully saturated rings. The first-order chi connectivity index (χ1) is 11.2. The van der Waals surface area contributed by atoms with Gasteiger partial charge in [0.25, 0.3) is 0 Å². The number of rotatable bonds is 6. The fourth-order valence-corrected chi connectivity index (χ4v) is 3.23. The number of aryl methyl sites for hydroxylation is 1. The van der Waals surface area contributed by atoms with Crippen molar-refractivity contribution in [1.29, 1.82) is 0 Å². The van der Waals surface area contributed by atoms with Crippen LogP contribution in [-0.4, -0.2) is 18.6 Å². The molecule has 1 aromatic heterocycles. The molecule has 0 spiro atoms.